The highest BCUT2D eigenvalue weighted by molar-refractivity contribution is 7.99. The molecule has 2 aliphatic heterocycles. The Morgan fingerprint density at radius 1 is 1.16 bits per heavy atom. The van der Waals surface area contributed by atoms with Crippen molar-refractivity contribution in [3.8, 4) is 0 Å². The molecule has 1 aromatic heterocycles. The summed E-state index contributed by atoms with van der Waals surface area (Å²) in [6.07, 6.45) is 5.06. The maximum Gasteiger partial charge on any atom is 0.252 e. The highest BCUT2D eigenvalue weighted by atomic mass is 32.2. The number of sulfonamides is 1. The molecule has 4 rings (SSSR count). The molecule has 1 spiro atoms. The summed E-state index contributed by atoms with van der Waals surface area (Å²) in [5, 5.41) is 2.88. The number of piperazine rings is 1. The van der Waals surface area contributed by atoms with Gasteiger partial charge in [-0.1, -0.05) is 31.0 Å². The van der Waals surface area contributed by atoms with Crippen molar-refractivity contribution in [3.05, 3.63) is 18.3 Å². The van der Waals surface area contributed by atoms with Crippen molar-refractivity contribution in [2.75, 3.05) is 38.6 Å². The first-order valence-corrected chi connectivity index (χ1v) is 13.1. The molecule has 2 saturated heterocycles. The number of hydrogen-bond donors (Lipinski definition) is 1. The summed E-state index contributed by atoms with van der Waals surface area (Å²) in [6, 6.07) is 3.04. The van der Waals surface area contributed by atoms with Crippen molar-refractivity contribution in [3.63, 3.8) is 0 Å². The van der Waals surface area contributed by atoms with Crippen molar-refractivity contribution >= 4 is 39.5 Å². The molecule has 12 heteroatoms. The Balaban J connectivity index is 1.42. The van der Waals surface area contributed by atoms with E-state index in [2.05, 4.69) is 10.3 Å². The van der Waals surface area contributed by atoms with Crippen LogP contribution in [-0.4, -0.2) is 84.5 Å². The number of carbonyl (C=O) groups is 3. The quantitative estimate of drug-likeness (QED) is 0.472. The Morgan fingerprint density at radius 2 is 1.88 bits per heavy atom. The zero-order valence-electron chi connectivity index (χ0n) is 17.6. The minimum Gasteiger partial charge on any atom is -0.379 e. The fraction of sp³-hybridized carbons (Fsp3) is 0.600. The van der Waals surface area contributed by atoms with Crippen molar-refractivity contribution in [2.45, 2.75) is 47.6 Å². The van der Waals surface area contributed by atoms with Crippen molar-refractivity contribution in [1.82, 2.24) is 19.5 Å². The molecular weight excluding hydrogens is 456 g/mol. The predicted octanol–water partition coefficient (Wildman–Crippen LogP) is 0.383. The van der Waals surface area contributed by atoms with Crippen LogP contribution in [0.5, 0.6) is 0 Å². The van der Waals surface area contributed by atoms with E-state index in [-0.39, 0.29) is 29.0 Å². The minimum atomic E-state index is -3.63. The molecule has 3 heterocycles. The van der Waals surface area contributed by atoms with E-state index >= 15 is 0 Å². The Hall–Kier alpha value is -2.02. The number of rotatable bonds is 5. The molecule has 0 radical (unpaired) electrons. The van der Waals surface area contributed by atoms with Gasteiger partial charge in [-0.3, -0.25) is 19.7 Å². The predicted molar refractivity (Wildman–Crippen MR) is 115 cm³/mol. The topological polar surface area (TPSA) is 126 Å². The van der Waals surface area contributed by atoms with E-state index in [4.69, 9.17) is 4.74 Å². The first-order chi connectivity index (χ1) is 15.3. The van der Waals surface area contributed by atoms with E-state index in [1.165, 1.54) is 21.5 Å². The van der Waals surface area contributed by atoms with E-state index in [1.54, 1.807) is 6.07 Å². The summed E-state index contributed by atoms with van der Waals surface area (Å²) in [5.74, 6) is -1.15. The van der Waals surface area contributed by atoms with Gasteiger partial charge in [-0.2, -0.15) is 4.31 Å². The zero-order chi connectivity index (χ0) is 22.8. The molecule has 3 amide bonds. The second-order valence-electron chi connectivity index (χ2n) is 8.09. The fourth-order valence-corrected chi connectivity index (χ4v) is 6.49. The van der Waals surface area contributed by atoms with Gasteiger partial charge in [-0.15, -0.1) is 0 Å². The minimum absolute atomic E-state index is 0.00483. The molecule has 0 atom stereocenters. The molecule has 10 nitrogen and oxygen atoms in total. The number of imide groups is 1. The number of nitrogens with one attached hydrogen (secondary N) is 1. The molecule has 0 aromatic carbocycles. The van der Waals surface area contributed by atoms with Crippen LogP contribution in [0.2, 0.25) is 0 Å². The van der Waals surface area contributed by atoms with Crippen molar-refractivity contribution in [2.24, 2.45) is 0 Å². The lowest BCUT2D eigenvalue weighted by Gasteiger charge is -2.47. The molecule has 0 unspecified atom stereocenters. The summed E-state index contributed by atoms with van der Waals surface area (Å²) in [7, 11) is -3.63. The van der Waals surface area contributed by atoms with Crippen LogP contribution in [0.25, 0.3) is 0 Å². The third kappa shape index (κ3) is 4.54. The lowest BCUT2D eigenvalue weighted by Crippen LogP contribution is -2.69. The highest BCUT2D eigenvalue weighted by Crippen LogP contribution is 2.36. The van der Waals surface area contributed by atoms with E-state index in [0.29, 0.717) is 44.2 Å². The Labute approximate surface area is 191 Å². The fourth-order valence-electron chi connectivity index (χ4n) is 4.41. The van der Waals surface area contributed by atoms with Crippen LogP contribution in [-0.2, 0) is 29.1 Å². The normalized spacial score (nSPS) is 22.1. The third-order valence-corrected chi connectivity index (χ3v) is 8.95. The van der Waals surface area contributed by atoms with Gasteiger partial charge in [0.1, 0.15) is 17.0 Å². The molecular formula is C20H26N4O6S2. The van der Waals surface area contributed by atoms with Crippen LogP contribution in [0.4, 0.5) is 0 Å². The number of hydrogen-bond acceptors (Lipinski definition) is 8. The lowest BCUT2D eigenvalue weighted by atomic mass is 9.78. The molecule has 1 aliphatic carbocycles. The SMILES string of the molecule is O=C1CN(C(=O)CSc2ccc(S(=O)(=O)N3CCOCC3)cn2)C2(CCCCC2)C(=O)N1. The van der Waals surface area contributed by atoms with Crippen LogP contribution in [0.3, 0.4) is 0 Å². The second kappa shape index (κ2) is 9.46. The average Bonchev–Trinajstić information content (AvgIpc) is 2.81. The number of amides is 3. The standard InChI is InChI=1S/C20H26N4O6S2/c25-16-13-24(20(19(27)22-16)6-2-1-3-7-20)18(26)14-31-17-5-4-15(12-21-17)32(28,29)23-8-10-30-11-9-23/h4-5,12H,1-3,6-11,13-14H2,(H,22,25,27). The number of carbonyl (C=O) groups excluding carboxylic acids is 3. The number of thioether (sulfide) groups is 1. The van der Waals surface area contributed by atoms with Gasteiger partial charge in [-0.25, -0.2) is 13.4 Å². The summed E-state index contributed by atoms with van der Waals surface area (Å²) in [5.41, 5.74) is -0.951. The van der Waals surface area contributed by atoms with Gasteiger partial charge < -0.3 is 9.64 Å². The first kappa shape index (κ1) is 23.1. The van der Waals surface area contributed by atoms with Gasteiger partial charge in [0.25, 0.3) is 5.91 Å². The second-order valence-corrected chi connectivity index (χ2v) is 11.0. The van der Waals surface area contributed by atoms with Gasteiger partial charge in [-0.05, 0) is 25.0 Å². The molecule has 3 aliphatic rings. The summed E-state index contributed by atoms with van der Waals surface area (Å²) >= 11 is 1.15. The molecule has 0 bridgehead atoms. The highest BCUT2D eigenvalue weighted by Gasteiger charge is 2.50. The average molecular weight is 483 g/mol. The van der Waals surface area contributed by atoms with Crippen LogP contribution < -0.4 is 5.32 Å². The summed E-state index contributed by atoms with van der Waals surface area (Å²) in [4.78, 5) is 43.3. The van der Waals surface area contributed by atoms with Crippen molar-refractivity contribution < 1.29 is 27.5 Å². The maximum absolute atomic E-state index is 13.0. The van der Waals surface area contributed by atoms with Gasteiger partial charge in [0.15, 0.2) is 0 Å². The molecule has 3 fully saturated rings. The molecule has 1 N–H and O–H groups in total. The smallest absolute Gasteiger partial charge is 0.252 e. The number of ether oxygens (including phenoxy) is 1. The van der Waals surface area contributed by atoms with Crippen LogP contribution >= 0.6 is 11.8 Å². The van der Waals surface area contributed by atoms with Crippen molar-refractivity contribution in [1.29, 1.82) is 0 Å². The van der Waals surface area contributed by atoms with Gasteiger partial charge in [0.05, 0.1) is 24.0 Å². The van der Waals surface area contributed by atoms with Crippen LogP contribution in [0.15, 0.2) is 28.3 Å². The molecule has 1 saturated carbocycles. The first-order valence-electron chi connectivity index (χ1n) is 10.6. The van der Waals surface area contributed by atoms with Crippen LogP contribution in [0.1, 0.15) is 32.1 Å². The number of nitrogens with zero attached hydrogens (tertiary/aromatic N) is 3. The largest absolute Gasteiger partial charge is 0.379 e. The van der Waals surface area contributed by atoms with E-state index < -0.39 is 21.5 Å². The summed E-state index contributed by atoms with van der Waals surface area (Å²) < 4.78 is 32.0. The maximum atomic E-state index is 13.0. The lowest BCUT2D eigenvalue weighted by molar-refractivity contribution is -0.158. The van der Waals surface area contributed by atoms with E-state index in [0.717, 1.165) is 31.0 Å². The molecule has 32 heavy (non-hydrogen) atoms. The Morgan fingerprint density at radius 3 is 2.53 bits per heavy atom. The van der Waals surface area contributed by atoms with E-state index in [1.807, 2.05) is 0 Å². The van der Waals surface area contributed by atoms with Crippen LogP contribution in [0, 0.1) is 0 Å². The van der Waals surface area contributed by atoms with E-state index in [9.17, 15) is 22.8 Å². The Bertz CT molecular complexity index is 986. The molecule has 174 valence electrons. The third-order valence-electron chi connectivity index (χ3n) is 6.14. The molecule has 1 aromatic rings. The number of pyridine rings is 1. The monoisotopic (exact) mass is 482 g/mol. The van der Waals surface area contributed by atoms with Gasteiger partial charge in [0, 0.05) is 19.3 Å². The van der Waals surface area contributed by atoms with Gasteiger partial charge in [0.2, 0.25) is 21.8 Å². The number of aromatic nitrogens is 1. The number of morpholine rings is 1. The van der Waals surface area contributed by atoms with Gasteiger partial charge >= 0.3 is 0 Å². The summed E-state index contributed by atoms with van der Waals surface area (Å²) in [6.45, 7) is 1.20. The zero-order valence-corrected chi connectivity index (χ0v) is 19.3. The Kier molecular flexibility index (Phi) is 6.84.